The smallest absolute Gasteiger partial charge is 0.358 e. The van der Waals surface area contributed by atoms with Crippen molar-refractivity contribution >= 4 is 5.97 Å². The van der Waals surface area contributed by atoms with Crippen molar-refractivity contribution < 1.29 is 19.0 Å². The predicted octanol–water partition coefficient (Wildman–Crippen LogP) is 0.433. The number of carbonyl (C=O) groups excluding carboxylic acids is 1. The van der Waals surface area contributed by atoms with Gasteiger partial charge in [-0.05, 0) is 13.0 Å². The first-order valence-electron chi connectivity index (χ1n) is 5.23. The summed E-state index contributed by atoms with van der Waals surface area (Å²) in [5.74, 6) is -0.408. The molecule has 1 aromatic rings. The summed E-state index contributed by atoms with van der Waals surface area (Å²) in [6.45, 7) is 3.81. The van der Waals surface area contributed by atoms with Gasteiger partial charge in [0, 0.05) is 6.20 Å². The normalized spacial score (nSPS) is 16.6. The Hall–Kier alpha value is -1.40. The zero-order chi connectivity index (χ0) is 11.4. The Labute approximate surface area is 93.1 Å². The Balaban J connectivity index is 1.93. The zero-order valence-corrected chi connectivity index (χ0v) is 9.09. The van der Waals surface area contributed by atoms with Gasteiger partial charge in [0.25, 0.3) is 0 Å². The standard InChI is InChI=1S/C10H14N2O4/c1-2-14-10(13)8-3-4-12(11-8)7-9-15-5-6-16-9/h3-4,9H,2,5-7H2,1H3. The maximum atomic E-state index is 11.3. The molecule has 16 heavy (non-hydrogen) atoms. The third-order valence-electron chi connectivity index (χ3n) is 2.15. The molecule has 1 aromatic heterocycles. The van der Waals surface area contributed by atoms with Crippen LogP contribution < -0.4 is 0 Å². The first-order valence-corrected chi connectivity index (χ1v) is 5.23. The SMILES string of the molecule is CCOC(=O)c1ccn(CC2OCCO2)n1. The number of rotatable bonds is 4. The molecule has 0 bridgehead atoms. The van der Waals surface area contributed by atoms with Crippen LogP contribution in [-0.4, -0.2) is 41.9 Å². The third kappa shape index (κ3) is 2.59. The molecule has 0 spiro atoms. The third-order valence-corrected chi connectivity index (χ3v) is 2.15. The van der Waals surface area contributed by atoms with Gasteiger partial charge in [0.2, 0.25) is 0 Å². The zero-order valence-electron chi connectivity index (χ0n) is 9.09. The van der Waals surface area contributed by atoms with E-state index < -0.39 is 5.97 Å². The highest BCUT2D eigenvalue weighted by Gasteiger charge is 2.18. The number of nitrogens with zero attached hydrogens (tertiary/aromatic N) is 2. The van der Waals surface area contributed by atoms with Crippen molar-refractivity contribution in [3.8, 4) is 0 Å². The quantitative estimate of drug-likeness (QED) is 0.697. The van der Waals surface area contributed by atoms with Crippen LogP contribution >= 0.6 is 0 Å². The molecular formula is C10H14N2O4. The van der Waals surface area contributed by atoms with E-state index in [9.17, 15) is 4.79 Å². The van der Waals surface area contributed by atoms with Crippen LogP contribution in [0.25, 0.3) is 0 Å². The lowest BCUT2D eigenvalue weighted by Gasteiger charge is -2.08. The number of ether oxygens (including phenoxy) is 3. The molecule has 6 nitrogen and oxygen atoms in total. The second kappa shape index (κ2) is 5.09. The molecule has 6 heteroatoms. The van der Waals surface area contributed by atoms with E-state index in [1.165, 1.54) is 0 Å². The topological polar surface area (TPSA) is 62.6 Å². The van der Waals surface area contributed by atoms with Gasteiger partial charge in [-0.2, -0.15) is 5.10 Å². The molecule has 0 N–H and O–H groups in total. The Morgan fingerprint density at radius 3 is 3.06 bits per heavy atom. The molecule has 2 heterocycles. The van der Waals surface area contributed by atoms with Crippen LogP contribution in [0, 0.1) is 0 Å². The van der Waals surface area contributed by atoms with Crippen LogP contribution in [0.3, 0.4) is 0 Å². The second-order valence-corrected chi connectivity index (χ2v) is 3.31. The Kier molecular flexibility index (Phi) is 3.53. The molecule has 2 rings (SSSR count). The van der Waals surface area contributed by atoms with Crippen LogP contribution in [0.15, 0.2) is 12.3 Å². The molecule has 1 aliphatic heterocycles. The number of hydrogen-bond acceptors (Lipinski definition) is 5. The van der Waals surface area contributed by atoms with Crippen LogP contribution in [0.1, 0.15) is 17.4 Å². The molecule has 0 aliphatic carbocycles. The monoisotopic (exact) mass is 226 g/mol. The fourth-order valence-electron chi connectivity index (χ4n) is 1.44. The van der Waals surface area contributed by atoms with E-state index in [1.54, 1.807) is 23.9 Å². The van der Waals surface area contributed by atoms with Crippen molar-refractivity contribution in [1.82, 2.24) is 9.78 Å². The van der Waals surface area contributed by atoms with Gasteiger partial charge in [-0.25, -0.2) is 4.79 Å². The number of hydrogen-bond donors (Lipinski definition) is 0. The number of aromatic nitrogens is 2. The minimum Gasteiger partial charge on any atom is -0.461 e. The maximum Gasteiger partial charge on any atom is 0.358 e. The molecule has 88 valence electrons. The summed E-state index contributed by atoms with van der Waals surface area (Å²) in [7, 11) is 0. The molecule has 0 amide bonds. The summed E-state index contributed by atoms with van der Waals surface area (Å²) >= 11 is 0. The fourth-order valence-corrected chi connectivity index (χ4v) is 1.44. The number of esters is 1. The average molecular weight is 226 g/mol. The summed E-state index contributed by atoms with van der Waals surface area (Å²) < 4.78 is 17.0. The van der Waals surface area contributed by atoms with Gasteiger partial charge in [-0.15, -0.1) is 0 Å². The molecule has 0 saturated carbocycles. The van der Waals surface area contributed by atoms with Crippen LogP contribution in [-0.2, 0) is 20.8 Å². The van der Waals surface area contributed by atoms with Gasteiger partial charge >= 0.3 is 5.97 Å². The Bertz CT molecular complexity index is 357. The van der Waals surface area contributed by atoms with Crippen molar-refractivity contribution in [1.29, 1.82) is 0 Å². The lowest BCUT2D eigenvalue weighted by atomic mass is 10.4. The molecule has 0 unspecified atom stereocenters. The van der Waals surface area contributed by atoms with E-state index in [2.05, 4.69) is 5.10 Å². The van der Waals surface area contributed by atoms with Gasteiger partial charge in [-0.1, -0.05) is 0 Å². The van der Waals surface area contributed by atoms with Crippen molar-refractivity contribution in [3.63, 3.8) is 0 Å². The summed E-state index contributed by atoms with van der Waals surface area (Å²) in [6.07, 6.45) is 1.44. The minimum atomic E-state index is -0.408. The molecule has 0 aromatic carbocycles. The average Bonchev–Trinajstić information content (AvgIpc) is 2.90. The highest BCUT2D eigenvalue weighted by atomic mass is 16.7. The molecule has 0 atom stereocenters. The Morgan fingerprint density at radius 1 is 1.62 bits per heavy atom. The van der Waals surface area contributed by atoms with Crippen molar-refractivity contribution in [2.45, 2.75) is 19.8 Å². The summed E-state index contributed by atoms with van der Waals surface area (Å²) in [5, 5.41) is 4.07. The maximum absolute atomic E-state index is 11.3. The largest absolute Gasteiger partial charge is 0.461 e. The fraction of sp³-hybridized carbons (Fsp3) is 0.600. The lowest BCUT2D eigenvalue weighted by molar-refractivity contribution is -0.0546. The molecule has 1 fully saturated rings. The highest BCUT2D eigenvalue weighted by molar-refractivity contribution is 5.86. The van der Waals surface area contributed by atoms with E-state index in [0.717, 1.165) is 0 Å². The summed E-state index contributed by atoms with van der Waals surface area (Å²) in [4.78, 5) is 11.3. The van der Waals surface area contributed by atoms with Crippen LogP contribution in [0.4, 0.5) is 0 Å². The second-order valence-electron chi connectivity index (χ2n) is 3.31. The molecule has 0 radical (unpaired) electrons. The molecule has 1 aliphatic rings. The molecular weight excluding hydrogens is 212 g/mol. The van der Waals surface area contributed by atoms with E-state index in [-0.39, 0.29) is 6.29 Å². The first kappa shape index (κ1) is 11.1. The minimum absolute atomic E-state index is 0.269. The van der Waals surface area contributed by atoms with Crippen molar-refractivity contribution in [2.75, 3.05) is 19.8 Å². The summed E-state index contributed by atoms with van der Waals surface area (Å²) in [5.41, 5.74) is 0.305. The van der Waals surface area contributed by atoms with E-state index >= 15 is 0 Å². The van der Waals surface area contributed by atoms with Gasteiger partial charge in [0.15, 0.2) is 12.0 Å². The van der Waals surface area contributed by atoms with E-state index in [0.29, 0.717) is 32.1 Å². The van der Waals surface area contributed by atoms with E-state index in [4.69, 9.17) is 14.2 Å². The van der Waals surface area contributed by atoms with E-state index in [1.807, 2.05) is 0 Å². The van der Waals surface area contributed by atoms with Gasteiger partial charge in [0.05, 0.1) is 26.4 Å². The number of carbonyl (C=O) groups is 1. The lowest BCUT2D eigenvalue weighted by Crippen LogP contribution is -2.17. The predicted molar refractivity (Wildman–Crippen MR) is 53.9 cm³/mol. The first-order chi connectivity index (χ1) is 7.79. The summed E-state index contributed by atoms with van der Waals surface area (Å²) in [6, 6.07) is 1.62. The van der Waals surface area contributed by atoms with Gasteiger partial charge in [-0.3, -0.25) is 4.68 Å². The Morgan fingerprint density at radius 2 is 2.38 bits per heavy atom. The van der Waals surface area contributed by atoms with Crippen molar-refractivity contribution in [3.05, 3.63) is 18.0 Å². The van der Waals surface area contributed by atoms with Crippen LogP contribution in [0.5, 0.6) is 0 Å². The molecule has 1 saturated heterocycles. The van der Waals surface area contributed by atoms with Gasteiger partial charge in [0.1, 0.15) is 0 Å². The van der Waals surface area contributed by atoms with Gasteiger partial charge < -0.3 is 14.2 Å². The van der Waals surface area contributed by atoms with Crippen molar-refractivity contribution in [2.24, 2.45) is 0 Å². The van der Waals surface area contributed by atoms with Crippen LogP contribution in [0.2, 0.25) is 0 Å². The highest BCUT2D eigenvalue weighted by Crippen LogP contribution is 2.07.